The molecule has 2 aromatic rings. The largest absolute Gasteiger partial charge is 0.423 e. The Labute approximate surface area is 135 Å². The highest BCUT2D eigenvalue weighted by Crippen LogP contribution is 2.45. The number of hydrogen-bond acceptors (Lipinski definition) is 4. The summed E-state index contributed by atoms with van der Waals surface area (Å²) in [5, 5.41) is 0.686. The lowest BCUT2D eigenvalue weighted by atomic mass is 9.67. The first-order chi connectivity index (χ1) is 10.6. The van der Waals surface area contributed by atoms with Crippen molar-refractivity contribution in [3.8, 4) is 0 Å². The van der Waals surface area contributed by atoms with Gasteiger partial charge in [0.25, 0.3) is 6.01 Å². The summed E-state index contributed by atoms with van der Waals surface area (Å²) < 4.78 is 5.89. The van der Waals surface area contributed by atoms with Gasteiger partial charge in [-0.05, 0) is 56.1 Å². The highest BCUT2D eigenvalue weighted by Gasteiger charge is 2.38. The van der Waals surface area contributed by atoms with Crippen LogP contribution in [0.25, 0.3) is 11.1 Å². The van der Waals surface area contributed by atoms with E-state index >= 15 is 0 Å². The molecule has 0 bridgehead atoms. The van der Waals surface area contributed by atoms with Crippen molar-refractivity contribution in [2.24, 2.45) is 11.1 Å². The molecule has 1 aliphatic carbocycles. The van der Waals surface area contributed by atoms with Crippen LogP contribution >= 0.6 is 11.6 Å². The van der Waals surface area contributed by atoms with Crippen molar-refractivity contribution in [1.82, 2.24) is 4.98 Å². The fraction of sp³-hybridized carbons (Fsp3) is 0.588. The van der Waals surface area contributed by atoms with Crippen molar-refractivity contribution in [1.29, 1.82) is 0 Å². The smallest absolute Gasteiger partial charge is 0.298 e. The van der Waals surface area contributed by atoms with Gasteiger partial charge in [-0.15, -0.1) is 0 Å². The van der Waals surface area contributed by atoms with Gasteiger partial charge in [0.2, 0.25) is 0 Å². The van der Waals surface area contributed by atoms with E-state index in [1.54, 1.807) is 0 Å². The molecular formula is C17H22ClN3O. The van der Waals surface area contributed by atoms with Gasteiger partial charge in [-0.1, -0.05) is 11.6 Å². The number of halogens is 1. The lowest BCUT2D eigenvalue weighted by molar-refractivity contribution is 0.132. The number of piperidine rings is 1. The molecule has 0 radical (unpaired) electrons. The normalized spacial score (nSPS) is 22.5. The van der Waals surface area contributed by atoms with E-state index in [2.05, 4.69) is 9.88 Å². The van der Waals surface area contributed by atoms with Crippen LogP contribution in [0.15, 0.2) is 22.6 Å². The monoisotopic (exact) mass is 319 g/mol. The van der Waals surface area contributed by atoms with Gasteiger partial charge in [-0.3, -0.25) is 0 Å². The number of hydrogen-bond donors (Lipinski definition) is 1. The molecule has 4 rings (SSSR count). The Morgan fingerprint density at radius 2 is 1.91 bits per heavy atom. The van der Waals surface area contributed by atoms with Crippen LogP contribution in [-0.2, 0) is 0 Å². The zero-order valence-corrected chi connectivity index (χ0v) is 13.5. The van der Waals surface area contributed by atoms with Crippen molar-refractivity contribution in [2.45, 2.75) is 44.6 Å². The zero-order valence-electron chi connectivity index (χ0n) is 12.7. The van der Waals surface area contributed by atoms with E-state index in [0.717, 1.165) is 30.2 Å². The van der Waals surface area contributed by atoms with E-state index in [1.807, 2.05) is 18.2 Å². The highest BCUT2D eigenvalue weighted by molar-refractivity contribution is 6.31. The maximum absolute atomic E-state index is 6.05. The number of nitrogens with two attached hydrogens (primary N) is 1. The molecule has 0 amide bonds. The summed E-state index contributed by atoms with van der Waals surface area (Å²) in [6.07, 6.45) is 7.37. The van der Waals surface area contributed by atoms with Gasteiger partial charge in [0, 0.05) is 30.2 Å². The second-order valence-corrected chi connectivity index (χ2v) is 7.37. The van der Waals surface area contributed by atoms with Crippen LogP contribution in [0.4, 0.5) is 6.01 Å². The van der Waals surface area contributed by atoms with E-state index in [9.17, 15) is 0 Å². The summed E-state index contributed by atoms with van der Waals surface area (Å²) in [6.45, 7) is 2.05. The summed E-state index contributed by atoms with van der Waals surface area (Å²) in [6, 6.07) is 6.76. The third-order valence-electron chi connectivity index (χ3n) is 5.52. The average Bonchev–Trinajstić information content (AvgIpc) is 2.94. The minimum Gasteiger partial charge on any atom is -0.423 e. The Bertz CT molecular complexity index is 666. The van der Waals surface area contributed by atoms with Gasteiger partial charge < -0.3 is 15.1 Å². The molecule has 2 aliphatic rings. The Balaban J connectivity index is 1.48. The van der Waals surface area contributed by atoms with Crippen LogP contribution in [0, 0.1) is 5.41 Å². The molecular weight excluding hydrogens is 298 g/mol. The van der Waals surface area contributed by atoms with Gasteiger partial charge in [-0.2, -0.15) is 4.98 Å². The molecule has 4 nitrogen and oxygen atoms in total. The number of nitrogens with zero attached hydrogens (tertiary/aromatic N) is 2. The number of anilines is 1. The van der Waals surface area contributed by atoms with E-state index in [4.69, 9.17) is 21.8 Å². The van der Waals surface area contributed by atoms with Crippen molar-refractivity contribution in [3.05, 3.63) is 23.2 Å². The number of rotatable bonds is 1. The molecule has 0 unspecified atom stereocenters. The van der Waals surface area contributed by atoms with Crippen LogP contribution in [-0.4, -0.2) is 24.1 Å². The molecule has 118 valence electrons. The average molecular weight is 320 g/mol. The standard InChI is InChI=1S/C17H22ClN3O/c18-12-1-2-14-15(11-12)22-16(20-14)21-9-7-17(8-10-21)5-3-13(19)4-6-17/h1-2,11,13H,3-10,19H2. The molecule has 2 fully saturated rings. The number of benzene rings is 1. The van der Waals surface area contributed by atoms with Crippen molar-refractivity contribution >= 4 is 28.7 Å². The van der Waals surface area contributed by atoms with Crippen LogP contribution in [0.5, 0.6) is 0 Å². The summed E-state index contributed by atoms with van der Waals surface area (Å²) >= 11 is 6.01. The van der Waals surface area contributed by atoms with Crippen molar-refractivity contribution < 1.29 is 4.42 Å². The molecule has 5 heteroatoms. The minimum atomic E-state index is 0.422. The first-order valence-corrected chi connectivity index (χ1v) is 8.58. The molecule has 2 N–H and O–H groups in total. The van der Waals surface area contributed by atoms with Crippen LogP contribution in [0.1, 0.15) is 38.5 Å². The summed E-state index contributed by atoms with van der Waals surface area (Å²) in [5.74, 6) is 0. The summed E-state index contributed by atoms with van der Waals surface area (Å²) in [5.41, 5.74) is 8.22. The maximum atomic E-state index is 6.05. The lowest BCUT2D eigenvalue weighted by Gasteiger charge is -2.45. The molecule has 1 aromatic carbocycles. The van der Waals surface area contributed by atoms with Crippen LogP contribution in [0.2, 0.25) is 5.02 Å². The predicted octanol–water partition coefficient (Wildman–Crippen LogP) is 3.97. The molecule has 0 atom stereocenters. The predicted molar refractivity (Wildman–Crippen MR) is 89.3 cm³/mol. The minimum absolute atomic E-state index is 0.422. The van der Waals surface area contributed by atoms with E-state index < -0.39 is 0 Å². The van der Waals surface area contributed by atoms with E-state index in [-0.39, 0.29) is 0 Å². The summed E-state index contributed by atoms with van der Waals surface area (Å²) in [4.78, 5) is 6.88. The Morgan fingerprint density at radius 3 is 2.64 bits per heavy atom. The van der Waals surface area contributed by atoms with Gasteiger partial charge in [-0.25, -0.2) is 0 Å². The second-order valence-electron chi connectivity index (χ2n) is 6.93. The van der Waals surface area contributed by atoms with Crippen molar-refractivity contribution in [3.63, 3.8) is 0 Å². The molecule has 1 saturated carbocycles. The lowest BCUT2D eigenvalue weighted by Crippen LogP contribution is -2.43. The van der Waals surface area contributed by atoms with Gasteiger partial charge >= 0.3 is 0 Å². The van der Waals surface area contributed by atoms with Gasteiger partial charge in [0.15, 0.2) is 5.58 Å². The Morgan fingerprint density at radius 1 is 1.18 bits per heavy atom. The van der Waals surface area contributed by atoms with Crippen LogP contribution in [0.3, 0.4) is 0 Å². The summed E-state index contributed by atoms with van der Waals surface area (Å²) in [7, 11) is 0. The maximum Gasteiger partial charge on any atom is 0.298 e. The van der Waals surface area contributed by atoms with E-state index in [0.29, 0.717) is 16.5 Å². The fourth-order valence-electron chi connectivity index (χ4n) is 3.95. The number of aromatic nitrogens is 1. The topological polar surface area (TPSA) is 55.3 Å². The third-order valence-corrected chi connectivity index (χ3v) is 5.76. The SMILES string of the molecule is NC1CCC2(CC1)CCN(c1nc3ccc(Cl)cc3o1)CC2. The molecule has 2 heterocycles. The van der Waals surface area contributed by atoms with Gasteiger partial charge in [0.1, 0.15) is 5.52 Å². The number of fused-ring (bicyclic) bond motifs is 1. The molecule has 1 aliphatic heterocycles. The quantitative estimate of drug-likeness (QED) is 0.864. The third kappa shape index (κ3) is 2.59. The second kappa shape index (κ2) is 5.43. The Kier molecular flexibility index (Phi) is 3.54. The fourth-order valence-corrected chi connectivity index (χ4v) is 4.11. The van der Waals surface area contributed by atoms with Crippen molar-refractivity contribution in [2.75, 3.05) is 18.0 Å². The van der Waals surface area contributed by atoms with E-state index in [1.165, 1.54) is 38.5 Å². The zero-order chi connectivity index (χ0) is 15.2. The first-order valence-electron chi connectivity index (χ1n) is 8.20. The molecule has 1 saturated heterocycles. The first kappa shape index (κ1) is 14.3. The molecule has 1 spiro atoms. The van der Waals surface area contributed by atoms with Crippen LogP contribution < -0.4 is 10.6 Å². The highest BCUT2D eigenvalue weighted by atomic mass is 35.5. The van der Waals surface area contributed by atoms with Gasteiger partial charge in [0.05, 0.1) is 0 Å². The molecule has 22 heavy (non-hydrogen) atoms. The Hall–Kier alpha value is -1.26. The number of oxazole rings is 1. The molecule has 1 aromatic heterocycles.